The summed E-state index contributed by atoms with van der Waals surface area (Å²) in [6.45, 7) is 10.9. The number of carboxylic acid groups (broad SMARTS) is 1. The number of hydrogen-bond donors (Lipinski definition) is 6. The maximum Gasteiger partial charge on any atom is 0.326 e. The number of carbonyl (C=O) groups is 5. The first kappa shape index (κ1) is 29.7. The molecule has 11 heteroatoms. The van der Waals surface area contributed by atoms with Gasteiger partial charge in [0.15, 0.2) is 0 Å². The predicted octanol–water partition coefficient (Wildman–Crippen LogP) is 0.677. The van der Waals surface area contributed by atoms with Crippen LogP contribution in [0.1, 0.15) is 48.0 Å². The van der Waals surface area contributed by atoms with Gasteiger partial charge in [-0.15, -0.1) is 0 Å². The molecular formula is C24H39N5O6. The summed E-state index contributed by atoms with van der Waals surface area (Å²) in [5.41, 5.74) is 0. The van der Waals surface area contributed by atoms with E-state index >= 15 is 0 Å². The Bertz CT molecular complexity index is 836. The lowest BCUT2D eigenvalue weighted by atomic mass is 10.0. The highest BCUT2D eigenvalue weighted by Gasteiger charge is 2.30. The van der Waals surface area contributed by atoms with Gasteiger partial charge in [-0.05, 0) is 24.2 Å². The molecule has 0 unspecified atom stereocenters. The molecule has 1 rings (SSSR count). The van der Waals surface area contributed by atoms with Crippen LogP contribution in [0.2, 0.25) is 0 Å². The Kier molecular flexibility index (Phi) is 12.0. The molecule has 1 aliphatic rings. The van der Waals surface area contributed by atoms with Gasteiger partial charge in [0.1, 0.15) is 18.1 Å². The molecule has 0 saturated heterocycles. The van der Waals surface area contributed by atoms with Crippen LogP contribution in [0, 0.1) is 17.8 Å². The van der Waals surface area contributed by atoms with E-state index in [9.17, 15) is 29.1 Å². The van der Waals surface area contributed by atoms with E-state index in [4.69, 9.17) is 0 Å². The van der Waals surface area contributed by atoms with Gasteiger partial charge in [0.05, 0.1) is 0 Å². The summed E-state index contributed by atoms with van der Waals surface area (Å²) in [7, 11) is 0. The van der Waals surface area contributed by atoms with E-state index in [1.165, 1.54) is 6.08 Å². The zero-order valence-corrected chi connectivity index (χ0v) is 21.3. The molecule has 0 saturated carbocycles. The summed E-state index contributed by atoms with van der Waals surface area (Å²) in [5, 5.41) is 22.4. The van der Waals surface area contributed by atoms with Gasteiger partial charge in [0.25, 0.3) is 0 Å². The summed E-state index contributed by atoms with van der Waals surface area (Å²) in [6, 6.07) is -4.37. The molecule has 4 atom stereocenters. The molecule has 11 nitrogen and oxygen atoms in total. The molecular weight excluding hydrogens is 454 g/mol. The first-order valence-electron chi connectivity index (χ1n) is 11.9. The topological polar surface area (TPSA) is 166 Å². The largest absolute Gasteiger partial charge is 0.480 e. The van der Waals surface area contributed by atoms with Crippen LogP contribution in [0.25, 0.3) is 0 Å². The van der Waals surface area contributed by atoms with Crippen molar-refractivity contribution < 1.29 is 29.1 Å². The zero-order valence-electron chi connectivity index (χ0n) is 21.3. The monoisotopic (exact) mass is 493 g/mol. The average molecular weight is 494 g/mol. The van der Waals surface area contributed by atoms with E-state index in [1.807, 2.05) is 13.8 Å². The minimum atomic E-state index is -1.18. The summed E-state index contributed by atoms with van der Waals surface area (Å²) < 4.78 is 0. The lowest BCUT2D eigenvalue weighted by Gasteiger charge is -2.27. The van der Waals surface area contributed by atoms with Crippen LogP contribution in [0.4, 0.5) is 4.79 Å². The van der Waals surface area contributed by atoms with Crippen LogP contribution in [0.3, 0.4) is 0 Å². The van der Waals surface area contributed by atoms with Crippen LogP contribution < -0.4 is 26.6 Å². The van der Waals surface area contributed by atoms with E-state index in [0.29, 0.717) is 13.0 Å². The number of urea groups is 1. The number of nitrogens with one attached hydrogen (secondary N) is 5. The second-order valence-electron chi connectivity index (χ2n) is 9.53. The molecule has 1 aliphatic heterocycles. The van der Waals surface area contributed by atoms with E-state index in [1.54, 1.807) is 45.9 Å². The number of rotatable bonds is 8. The van der Waals surface area contributed by atoms with Crippen LogP contribution in [0.5, 0.6) is 0 Å². The van der Waals surface area contributed by atoms with E-state index < -0.39 is 48.0 Å². The normalized spacial score (nSPS) is 22.7. The lowest BCUT2D eigenvalue weighted by Crippen LogP contribution is -2.58. The SMILES string of the molecule is CC(C)[C@@H]1/C=C\C(=O)NCC/C=C\[C@H](NC(=O)[C@H](NC(=O)N[C@@H](C(=O)O)C(C)C)C(C)C)C(=O)N1. The minimum Gasteiger partial charge on any atom is -0.480 e. The standard InChI is InChI=1S/C24H39N5O6/c1-13(2)16-10-11-18(30)25-12-8-7-9-17(21(31)26-16)27-22(32)19(14(3)4)28-24(35)29-20(15(5)6)23(33)34/h7,9-11,13-17,19-20H,8,12H2,1-6H3,(H,25,30)(H,26,31)(H,27,32)(H,33,34)(H2,28,29,35)/b9-7-,11-10-/t16-,17-,19+,20+/m0/s1. The van der Waals surface area contributed by atoms with Crippen LogP contribution in [0.15, 0.2) is 24.3 Å². The van der Waals surface area contributed by atoms with Crippen molar-refractivity contribution in [3.05, 3.63) is 24.3 Å². The first-order chi connectivity index (χ1) is 16.3. The molecule has 0 aliphatic carbocycles. The van der Waals surface area contributed by atoms with Crippen molar-refractivity contribution in [3.8, 4) is 0 Å². The van der Waals surface area contributed by atoms with Crippen LogP contribution in [-0.2, 0) is 19.2 Å². The Labute approximate surface area is 206 Å². The first-order valence-corrected chi connectivity index (χ1v) is 11.9. The summed E-state index contributed by atoms with van der Waals surface area (Å²) in [5.74, 6) is -3.20. The Hall–Kier alpha value is -3.37. The molecule has 5 amide bonds. The molecule has 196 valence electrons. The van der Waals surface area contributed by atoms with E-state index in [-0.39, 0.29) is 23.7 Å². The van der Waals surface area contributed by atoms with Gasteiger partial charge in [0, 0.05) is 18.7 Å². The molecule has 0 fully saturated rings. The third-order valence-electron chi connectivity index (χ3n) is 5.46. The second-order valence-corrected chi connectivity index (χ2v) is 9.53. The maximum absolute atomic E-state index is 13.1. The zero-order chi connectivity index (χ0) is 26.7. The van der Waals surface area contributed by atoms with Gasteiger partial charge in [-0.2, -0.15) is 0 Å². The highest BCUT2D eigenvalue weighted by atomic mass is 16.4. The smallest absolute Gasteiger partial charge is 0.326 e. The fourth-order valence-electron chi connectivity index (χ4n) is 3.27. The van der Waals surface area contributed by atoms with E-state index in [0.717, 1.165) is 0 Å². The fourth-order valence-corrected chi connectivity index (χ4v) is 3.27. The second kappa shape index (κ2) is 14.1. The van der Waals surface area contributed by atoms with Crippen molar-refractivity contribution in [2.75, 3.05) is 6.54 Å². The minimum absolute atomic E-state index is 0.0109. The summed E-state index contributed by atoms with van der Waals surface area (Å²) in [6.07, 6.45) is 6.66. The third-order valence-corrected chi connectivity index (χ3v) is 5.46. The highest BCUT2D eigenvalue weighted by molar-refractivity contribution is 5.94. The molecule has 6 N–H and O–H groups in total. The van der Waals surface area contributed by atoms with Crippen molar-refractivity contribution >= 4 is 29.7 Å². The van der Waals surface area contributed by atoms with Gasteiger partial charge >= 0.3 is 12.0 Å². The van der Waals surface area contributed by atoms with Gasteiger partial charge < -0.3 is 31.7 Å². The van der Waals surface area contributed by atoms with Crippen LogP contribution >= 0.6 is 0 Å². The quantitative estimate of drug-likeness (QED) is 0.272. The molecule has 0 radical (unpaired) electrons. The molecule has 1 heterocycles. The number of carbonyl (C=O) groups excluding carboxylic acids is 4. The predicted molar refractivity (Wildman–Crippen MR) is 131 cm³/mol. The Morgan fingerprint density at radius 3 is 2.11 bits per heavy atom. The molecule has 0 aromatic rings. The number of amides is 5. The highest BCUT2D eigenvalue weighted by Crippen LogP contribution is 2.08. The average Bonchev–Trinajstić information content (AvgIpc) is 2.75. The summed E-state index contributed by atoms with van der Waals surface area (Å²) in [4.78, 5) is 61.7. The molecule has 35 heavy (non-hydrogen) atoms. The number of carboxylic acids is 1. The van der Waals surface area contributed by atoms with Crippen molar-refractivity contribution in [2.45, 2.75) is 72.1 Å². The molecule has 0 aromatic carbocycles. The molecule has 0 aromatic heterocycles. The van der Waals surface area contributed by atoms with Gasteiger partial charge in [0.2, 0.25) is 17.7 Å². The maximum atomic E-state index is 13.1. The Balaban J connectivity index is 3.01. The molecule has 0 bridgehead atoms. The lowest BCUT2D eigenvalue weighted by molar-refractivity contribution is -0.140. The number of hydrogen-bond acceptors (Lipinski definition) is 5. The van der Waals surface area contributed by atoms with Crippen molar-refractivity contribution in [1.82, 2.24) is 26.6 Å². The molecule has 0 spiro atoms. The Morgan fingerprint density at radius 2 is 1.57 bits per heavy atom. The van der Waals surface area contributed by atoms with Gasteiger partial charge in [-0.25, -0.2) is 9.59 Å². The van der Waals surface area contributed by atoms with Crippen molar-refractivity contribution in [2.24, 2.45) is 17.8 Å². The number of aliphatic carboxylic acids is 1. The van der Waals surface area contributed by atoms with Gasteiger partial charge in [-0.1, -0.05) is 59.8 Å². The Morgan fingerprint density at radius 1 is 0.971 bits per heavy atom. The van der Waals surface area contributed by atoms with E-state index in [2.05, 4.69) is 26.6 Å². The van der Waals surface area contributed by atoms with Crippen molar-refractivity contribution in [1.29, 1.82) is 0 Å². The fraction of sp³-hybridized carbons (Fsp3) is 0.625. The van der Waals surface area contributed by atoms with Crippen molar-refractivity contribution in [3.63, 3.8) is 0 Å². The summed E-state index contributed by atoms with van der Waals surface area (Å²) >= 11 is 0. The third kappa shape index (κ3) is 10.2. The van der Waals surface area contributed by atoms with Crippen LogP contribution in [-0.4, -0.2) is 65.5 Å². The van der Waals surface area contributed by atoms with Gasteiger partial charge in [-0.3, -0.25) is 14.4 Å².